The number of esters is 1. The van der Waals surface area contributed by atoms with E-state index in [4.69, 9.17) is 10.5 Å². The molecule has 0 aromatic heterocycles. The van der Waals surface area contributed by atoms with Crippen molar-refractivity contribution in [2.24, 2.45) is 5.73 Å². The highest BCUT2D eigenvalue weighted by Gasteiger charge is 1.93. The summed E-state index contributed by atoms with van der Waals surface area (Å²) in [6.07, 6.45) is 13.4. The molecular formula is C13H25NO2. The second-order valence-electron chi connectivity index (χ2n) is 3.98. The average Bonchev–Trinajstić information content (AvgIpc) is 2.31. The average molecular weight is 227 g/mol. The van der Waals surface area contributed by atoms with E-state index in [1.54, 1.807) is 0 Å². The summed E-state index contributed by atoms with van der Waals surface area (Å²) in [7, 11) is 0. The van der Waals surface area contributed by atoms with E-state index in [1.807, 2.05) is 6.08 Å². The van der Waals surface area contributed by atoms with Crippen molar-refractivity contribution in [1.82, 2.24) is 0 Å². The molecule has 0 heterocycles. The van der Waals surface area contributed by atoms with Gasteiger partial charge in [-0.1, -0.05) is 45.4 Å². The Balaban J connectivity index is 3.11. The van der Waals surface area contributed by atoms with E-state index >= 15 is 0 Å². The Kier molecular flexibility index (Phi) is 11.6. The van der Waals surface area contributed by atoms with Crippen molar-refractivity contribution in [1.29, 1.82) is 0 Å². The topological polar surface area (TPSA) is 52.3 Å². The molecule has 0 bridgehead atoms. The quantitative estimate of drug-likeness (QED) is 0.354. The third-order valence-corrected chi connectivity index (χ3v) is 2.44. The molecule has 0 saturated heterocycles. The molecule has 0 rings (SSSR count). The van der Waals surface area contributed by atoms with Gasteiger partial charge in [-0.2, -0.15) is 0 Å². The van der Waals surface area contributed by atoms with Gasteiger partial charge in [-0.15, -0.1) is 0 Å². The Bertz CT molecular complexity index is 190. The maximum Gasteiger partial charge on any atom is 0.324 e. The van der Waals surface area contributed by atoms with E-state index < -0.39 is 0 Å². The Morgan fingerprint density at radius 2 is 1.75 bits per heavy atom. The van der Waals surface area contributed by atoms with Crippen LogP contribution < -0.4 is 5.73 Å². The van der Waals surface area contributed by atoms with Crippen LogP contribution in [-0.2, 0) is 9.53 Å². The van der Waals surface area contributed by atoms with E-state index in [0.717, 1.165) is 6.42 Å². The summed E-state index contributed by atoms with van der Waals surface area (Å²) < 4.78 is 4.71. The number of hydrogen-bond acceptors (Lipinski definition) is 3. The molecule has 0 radical (unpaired) electrons. The van der Waals surface area contributed by atoms with Crippen LogP contribution in [0.1, 0.15) is 58.3 Å². The maximum atomic E-state index is 10.6. The van der Waals surface area contributed by atoms with Gasteiger partial charge in [-0.25, -0.2) is 0 Å². The van der Waals surface area contributed by atoms with Crippen molar-refractivity contribution in [3.8, 4) is 0 Å². The van der Waals surface area contributed by atoms with E-state index in [0.29, 0.717) is 0 Å². The first-order chi connectivity index (χ1) is 7.81. The van der Waals surface area contributed by atoms with Gasteiger partial charge in [-0.3, -0.25) is 4.79 Å². The van der Waals surface area contributed by atoms with Gasteiger partial charge in [0.05, 0.1) is 12.8 Å². The molecule has 0 aliphatic rings. The molecule has 0 unspecified atom stereocenters. The van der Waals surface area contributed by atoms with E-state index in [-0.39, 0.29) is 12.5 Å². The highest BCUT2D eigenvalue weighted by atomic mass is 16.5. The van der Waals surface area contributed by atoms with Crippen LogP contribution >= 0.6 is 0 Å². The molecular weight excluding hydrogens is 202 g/mol. The summed E-state index contributed by atoms with van der Waals surface area (Å²) in [5.74, 6) is -0.379. The number of ether oxygens (including phenoxy) is 1. The molecule has 2 N–H and O–H groups in total. The van der Waals surface area contributed by atoms with Gasteiger partial charge in [0, 0.05) is 0 Å². The van der Waals surface area contributed by atoms with Crippen LogP contribution in [0.5, 0.6) is 0 Å². The van der Waals surface area contributed by atoms with Crippen molar-refractivity contribution < 1.29 is 9.53 Å². The zero-order valence-corrected chi connectivity index (χ0v) is 10.4. The summed E-state index contributed by atoms with van der Waals surface area (Å²) in [6, 6.07) is 0. The zero-order chi connectivity index (χ0) is 12.1. The number of rotatable bonds is 10. The lowest BCUT2D eigenvalue weighted by Gasteiger charge is -1.99. The Labute approximate surface area is 99.0 Å². The maximum absolute atomic E-state index is 10.6. The van der Waals surface area contributed by atoms with Crippen LogP contribution in [0.4, 0.5) is 0 Å². The monoisotopic (exact) mass is 227 g/mol. The van der Waals surface area contributed by atoms with Crippen LogP contribution in [0.25, 0.3) is 0 Å². The van der Waals surface area contributed by atoms with Gasteiger partial charge < -0.3 is 10.5 Å². The predicted octanol–water partition coefficient (Wildman–Crippen LogP) is 3.14. The molecule has 0 aromatic carbocycles. The third kappa shape index (κ3) is 11.2. The number of nitrogens with two attached hydrogens (primary N) is 1. The lowest BCUT2D eigenvalue weighted by atomic mass is 10.1. The number of hydrogen-bond donors (Lipinski definition) is 1. The first-order valence-corrected chi connectivity index (χ1v) is 6.35. The Morgan fingerprint density at radius 1 is 1.12 bits per heavy atom. The number of allylic oxidation sites excluding steroid dienone is 1. The molecule has 3 heteroatoms. The van der Waals surface area contributed by atoms with E-state index in [2.05, 4.69) is 6.92 Å². The minimum absolute atomic E-state index is 0.0538. The van der Waals surface area contributed by atoms with Crippen LogP contribution in [0.2, 0.25) is 0 Å². The highest BCUT2D eigenvalue weighted by molar-refractivity contribution is 5.71. The van der Waals surface area contributed by atoms with Crippen molar-refractivity contribution in [3.05, 3.63) is 12.3 Å². The number of unbranched alkanes of at least 4 members (excludes halogenated alkanes) is 7. The van der Waals surface area contributed by atoms with Crippen molar-refractivity contribution in [2.75, 3.05) is 6.54 Å². The van der Waals surface area contributed by atoms with Gasteiger partial charge in [-0.05, 0) is 18.9 Å². The van der Waals surface area contributed by atoms with E-state index in [1.165, 1.54) is 51.2 Å². The smallest absolute Gasteiger partial charge is 0.324 e. The Hall–Kier alpha value is -0.830. The molecule has 3 nitrogen and oxygen atoms in total. The molecule has 0 amide bonds. The lowest BCUT2D eigenvalue weighted by molar-refractivity contribution is -0.136. The fourth-order valence-corrected chi connectivity index (χ4v) is 1.46. The van der Waals surface area contributed by atoms with Crippen molar-refractivity contribution >= 4 is 5.97 Å². The summed E-state index contributed by atoms with van der Waals surface area (Å²) in [6.45, 7) is 2.18. The van der Waals surface area contributed by atoms with Crippen molar-refractivity contribution in [3.63, 3.8) is 0 Å². The molecule has 0 atom stereocenters. The third-order valence-electron chi connectivity index (χ3n) is 2.44. The molecule has 16 heavy (non-hydrogen) atoms. The van der Waals surface area contributed by atoms with Gasteiger partial charge in [0.1, 0.15) is 0 Å². The largest absolute Gasteiger partial charge is 0.434 e. The normalized spacial score (nSPS) is 10.9. The second kappa shape index (κ2) is 12.2. The fraction of sp³-hybridized carbons (Fsp3) is 0.769. The van der Waals surface area contributed by atoms with Crippen molar-refractivity contribution in [2.45, 2.75) is 58.3 Å². The summed E-state index contributed by atoms with van der Waals surface area (Å²) >= 11 is 0. The fourth-order valence-electron chi connectivity index (χ4n) is 1.46. The number of carbonyl (C=O) groups is 1. The predicted molar refractivity (Wildman–Crippen MR) is 66.9 cm³/mol. The molecule has 0 aliphatic carbocycles. The minimum Gasteiger partial charge on any atom is -0.434 e. The molecule has 94 valence electrons. The summed E-state index contributed by atoms with van der Waals surface area (Å²) in [4.78, 5) is 10.6. The summed E-state index contributed by atoms with van der Waals surface area (Å²) in [5.41, 5.74) is 5.08. The molecule has 0 aromatic rings. The molecule has 0 saturated carbocycles. The lowest BCUT2D eigenvalue weighted by Crippen LogP contribution is -2.13. The molecule has 0 aliphatic heterocycles. The van der Waals surface area contributed by atoms with Crippen LogP contribution in [0, 0.1) is 0 Å². The van der Waals surface area contributed by atoms with Crippen LogP contribution in [-0.4, -0.2) is 12.5 Å². The molecule has 0 spiro atoms. The standard InChI is InChI=1S/C13H25NO2/c1-2-3-4-5-6-7-8-9-10-11-16-13(15)12-14/h10-11H,2-9,12,14H2,1H3. The SMILES string of the molecule is CCCCCCCCCC=COC(=O)CN. The van der Waals surface area contributed by atoms with Crippen LogP contribution in [0.3, 0.4) is 0 Å². The van der Waals surface area contributed by atoms with Gasteiger partial charge in [0.25, 0.3) is 0 Å². The summed E-state index contributed by atoms with van der Waals surface area (Å²) in [5, 5.41) is 0. The minimum atomic E-state index is -0.379. The first kappa shape index (κ1) is 15.2. The zero-order valence-electron chi connectivity index (χ0n) is 10.4. The van der Waals surface area contributed by atoms with E-state index in [9.17, 15) is 4.79 Å². The van der Waals surface area contributed by atoms with Gasteiger partial charge in [0.2, 0.25) is 0 Å². The highest BCUT2D eigenvalue weighted by Crippen LogP contribution is 2.08. The van der Waals surface area contributed by atoms with Gasteiger partial charge >= 0.3 is 5.97 Å². The molecule has 0 fully saturated rings. The Morgan fingerprint density at radius 3 is 2.38 bits per heavy atom. The second-order valence-corrected chi connectivity index (χ2v) is 3.98. The number of carbonyl (C=O) groups excluding carboxylic acids is 1. The first-order valence-electron chi connectivity index (χ1n) is 6.35. The van der Waals surface area contributed by atoms with Gasteiger partial charge in [0.15, 0.2) is 0 Å². The van der Waals surface area contributed by atoms with Crippen LogP contribution in [0.15, 0.2) is 12.3 Å².